The highest BCUT2D eigenvalue weighted by Gasteiger charge is 2.14. The highest BCUT2D eigenvalue weighted by molar-refractivity contribution is 5.32. The van der Waals surface area contributed by atoms with Crippen molar-refractivity contribution in [3.05, 3.63) is 95.6 Å². The Labute approximate surface area is 167 Å². The van der Waals surface area contributed by atoms with E-state index in [4.69, 9.17) is 0 Å². The molecule has 1 N–H and O–H groups in total. The van der Waals surface area contributed by atoms with Crippen LogP contribution >= 0.6 is 0 Å². The van der Waals surface area contributed by atoms with Crippen LogP contribution in [0.5, 0.6) is 0 Å². The number of rotatable bonds is 8. The van der Waals surface area contributed by atoms with Crippen LogP contribution in [0.15, 0.2) is 84.5 Å². The van der Waals surface area contributed by atoms with Crippen molar-refractivity contribution in [3.63, 3.8) is 0 Å². The SMILES string of the molecule is CC.CC(CC1=CCCC=C1)NCCC(c1ccccc1)c1ccccc1.[HH]. The molecule has 27 heavy (non-hydrogen) atoms. The van der Waals surface area contributed by atoms with Crippen LogP contribution in [0.4, 0.5) is 0 Å². The van der Waals surface area contributed by atoms with Crippen molar-refractivity contribution < 1.29 is 1.43 Å². The zero-order chi connectivity index (χ0) is 19.3. The average molecular weight is 364 g/mol. The van der Waals surface area contributed by atoms with Crippen LogP contribution in [0.3, 0.4) is 0 Å². The fraction of sp³-hybridized carbons (Fsp3) is 0.385. The quantitative estimate of drug-likeness (QED) is 0.526. The zero-order valence-electron chi connectivity index (χ0n) is 17.2. The van der Waals surface area contributed by atoms with Crippen LogP contribution < -0.4 is 5.32 Å². The van der Waals surface area contributed by atoms with Crippen LogP contribution in [0.1, 0.15) is 64.9 Å². The monoisotopic (exact) mass is 363 g/mol. The van der Waals surface area contributed by atoms with Gasteiger partial charge < -0.3 is 5.32 Å². The molecule has 2 aromatic rings. The molecule has 0 fully saturated rings. The summed E-state index contributed by atoms with van der Waals surface area (Å²) in [4.78, 5) is 0. The molecule has 1 aliphatic carbocycles. The van der Waals surface area contributed by atoms with Crippen molar-refractivity contribution in [2.75, 3.05) is 6.54 Å². The molecule has 146 valence electrons. The van der Waals surface area contributed by atoms with Gasteiger partial charge >= 0.3 is 0 Å². The molecule has 0 spiro atoms. The lowest BCUT2D eigenvalue weighted by Gasteiger charge is -2.21. The summed E-state index contributed by atoms with van der Waals surface area (Å²) in [6, 6.07) is 22.3. The molecule has 0 saturated carbocycles. The molecular formula is C26H37N. The highest BCUT2D eigenvalue weighted by Crippen LogP contribution is 2.27. The first-order valence-corrected chi connectivity index (χ1v) is 10.5. The van der Waals surface area contributed by atoms with E-state index in [1.807, 2.05) is 13.8 Å². The lowest BCUT2D eigenvalue weighted by molar-refractivity contribution is 0.520. The van der Waals surface area contributed by atoms with Crippen molar-refractivity contribution in [2.45, 2.75) is 58.4 Å². The van der Waals surface area contributed by atoms with Crippen molar-refractivity contribution >= 4 is 0 Å². The van der Waals surface area contributed by atoms with Gasteiger partial charge in [0.2, 0.25) is 0 Å². The van der Waals surface area contributed by atoms with Crippen LogP contribution in [-0.2, 0) is 0 Å². The molecule has 0 amide bonds. The number of nitrogens with one attached hydrogen (secondary N) is 1. The minimum Gasteiger partial charge on any atom is -0.314 e. The first kappa shape index (κ1) is 21.2. The molecule has 0 aromatic heterocycles. The summed E-state index contributed by atoms with van der Waals surface area (Å²) in [6.07, 6.45) is 11.6. The van der Waals surface area contributed by atoms with Gasteiger partial charge in [-0.25, -0.2) is 0 Å². The average Bonchev–Trinajstić information content (AvgIpc) is 2.75. The van der Waals surface area contributed by atoms with Gasteiger partial charge in [0.1, 0.15) is 0 Å². The molecule has 1 aliphatic rings. The second-order valence-corrected chi connectivity index (χ2v) is 6.98. The summed E-state index contributed by atoms with van der Waals surface area (Å²) in [6.45, 7) is 7.33. The molecule has 1 unspecified atom stereocenters. The van der Waals surface area contributed by atoms with Gasteiger partial charge in [-0.1, -0.05) is 98.3 Å². The summed E-state index contributed by atoms with van der Waals surface area (Å²) in [5.41, 5.74) is 4.29. The smallest absolute Gasteiger partial charge is 0.0101 e. The van der Waals surface area contributed by atoms with E-state index >= 15 is 0 Å². The van der Waals surface area contributed by atoms with E-state index in [1.54, 1.807) is 0 Å². The van der Waals surface area contributed by atoms with Gasteiger partial charge in [0, 0.05) is 13.4 Å². The third-order valence-electron chi connectivity index (χ3n) is 4.94. The first-order chi connectivity index (χ1) is 13.3. The lowest BCUT2D eigenvalue weighted by Crippen LogP contribution is -2.28. The minimum atomic E-state index is 0. The Hall–Kier alpha value is -2.12. The second kappa shape index (κ2) is 12.3. The van der Waals surface area contributed by atoms with E-state index in [9.17, 15) is 0 Å². The Bertz CT molecular complexity index is 651. The molecule has 0 radical (unpaired) electrons. The fourth-order valence-corrected chi connectivity index (χ4v) is 3.62. The summed E-state index contributed by atoms with van der Waals surface area (Å²) in [7, 11) is 0. The summed E-state index contributed by atoms with van der Waals surface area (Å²) < 4.78 is 0. The molecule has 0 saturated heterocycles. The van der Waals surface area contributed by atoms with E-state index in [1.165, 1.54) is 29.5 Å². The maximum absolute atomic E-state index is 3.73. The van der Waals surface area contributed by atoms with Gasteiger partial charge in [0.05, 0.1) is 0 Å². The maximum atomic E-state index is 3.73. The lowest BCUT2D eigenvalue weighted by atomic mass is 9.88. The third-order valence-corrected chi connectivity index (χ3v) is 4.94. The molecular weight excluding hydrogens is 326 g/mol. The predicted molar refractivity (Wildman–Crippen MR) is 121 cm³/mol. The molecule has 0 heterocycles. The molecule has 1 heteroatoms. The van der Waals surface area contributed by atoms with Crippen LogP contribution in [-0.4, -0.2) is 12.6 Å². The van der Waals surface area contributed by atoms with E-state index in [0.717, 1.165) is 19.4 Å². The molecule has 0 aliphatic heterocycles. The van der Waals surface area contributed by atoms with Gasteiger partial charge in [-0.15, -0.1) is 0 Å². The summed E-state index contributed by atoms with van der Waals surface area (Å²) in [5.74, 6) is 0.455. The largest absolute Gasteiger partial charge is 0.314 e. The highest BCUT2D eigenvalue weighted by atomic mass is 14.9. The van der Waals surface area contributed by atoms with Crippen molar-refractivity contribution in [1.82, 2.24) is 5.32 Å². The Morgan fingerprint density at radius 3 is 2.00 bits per heavy atom. The zero-order valence-corrected chi connectivity index (χ0v) is 17.2. The molecule has 0 bridgehead atoms. The van der Waals surface area contributed by atoms with E-state index in [-0.39, 0.29) is 1.43 Å². The van der Waals surface area contributed by atoms with Gasteiger partial charge in [-0.2, -0.15) is 0 Å². The molecule has 2 aromatic carbocycles. The Morgan fingerprint density at radius 2 is 1.48 bits per heavy atom. The predicted octanol–water partition coefficient (Wildman–Crippen LogP) is 7.13. The Balaban J connectivity index is 0.00000127. The maximum Gasteiger partial charge on any atom is 0.0101 e. The van der Waals surface area contributed by atoms with E-state index < -0.39 is 0 Å². The van der Waals surface area contributed by atoms with E-state index in [0.29, 0.717) is 12.0 Å². The number of hydrogen-bond acceptors (Lipinski definition) is 1. The van der Waals surface area contributed by atoms with Crippen LogP contribution in [0.2, 0.25) is 0 Å². The number of allylic oxidation sites excluding steroid dienone is 3. The molecule has 1 atom stereocenters. The van der Waals surface area contributed by atoms with Gasteiger partial charge in [-0.05, 0) is 50.3 Å². The summed E-state index contributed by atoms with van der Waals surface area (Å²) in [5, 5.41) is 3.73. The molecule has 3 rings (SSSR count). The van der Waals surface area contributed by atoms with Crippen LogP contribution in [0, 0.1) is 0 Å². The fourth-order valence-electron chi connectivity index (χ4n) is 3.62. The minimum absolute atomic E-state index is 0. The van der Waals surface area contributed by atoms with Crippen molar-refractivity contribution in [3.8, 4) is 0 Å². The van der Waals surface area contributed by atoms with E-state index in [2.05, 4.69) is 91.1 Å². The van der Waals surface area contributed by atoms with Crippen LogP contribution in [0.25, 0.3) is 0 Å². The summed E-state index contributed by atoms with van der Waals surface area (Å²) >= 11 is 0. The standard InChI is InChI=1S/C24H29N.C2H6.H2/c1-20(19-21-11-5-2-6-12-21)25-18-17-24(22-13-7-3-8-14-22)23-15-9-4-10-16-23;1-2;/h3-5,7-16,20,24-25H,2,6,17-19H2,1H3;1-2H3;1H. The third kappa shape index (κ3) is 7.19. The second-order valence-electron chi connectivity index (χ2n) is 6.98. The Morgan fingerprint density at radius 1 is 0.889 bits per heavy atom. The topological polar surface area (TPSA) is 12.0 Å². The van der Waals surface area contributed by atoms with Gasteiger partial charge in [0.15, 0.2) is 0 Å². The van der Waals surface area contributed by atoms with Crippen molar-refractivity contribution in [2.24, 2.45) is 0 Å². The van der Waals surface area contributed by atoms with Crippen molar-refractivity contribution in [1.29, 1.82) is 0 Å². The normalized spacial score (nSPS) is 14.3. The van der Waals surface area contributed by atoms with Gasteiger partial charge in [-0.3, -0.25) is 0 Å². The Kier molecular flexibility index (Phi) is 9.65. The number of hydrogen-bond donors (Lipinski definition) is 1. The number of benzene rings is 2. The molecule has 1 nitrogen and oxygen atoms in total. The van der Waals surface area contributed by atoms with Gasteiger partial charge in [0.25, 0.3) is 0 Å². The first-order valence-electron chi connectivity index (χ1n) is 10.5.